The Balaban J connectivity index is 0.000000455. The highest BCUT2D eigenvalue weighted by Crippen LogP contribution is 2.17. The van der Waals surface area contributed by atoms with Gasteiger partial charge in [-0.2, -0.15) is 10.2 Å². The van der Waals surface area contributed by atoms with Crippen molar-refractivity contribution in [2.24, 2.45) is 10.9 Å². The molecule has 2 aromatic heterocycles. The van der Waals surface area contributed by atoms with Crippen LogP contribution >= 0.6 is 0 Å². The van der Waals surface area contributed by atoms with E-state index in [1.165, 1.54) is 11.6 Å². The summed E-state index contributed by atoms with van der Waals surface area (Å²) in [5, 5.41) is 8.72. The lowest BCUT2D eigenvalue weighted by Crippen LogP contribution is -2.17. The van der Waals surface area contributed by atoms with Crippen molar-refractivity contribution in [1.82, 2.24) is 19.6 Å². The summed E-state index contributed by atoms with van der Waals surface area (Å²) < 4.78 is 9.32. The SMILES string of the molecule is C/C=C\N=C1C=CC(OCc2nn(-c3cnn(CCC)c3)ccc2=O)=CC1C.CC.Cc1ccccc1. The van der Waals surface area contributed by atoms with E-state index in [4.69, 9.17) is 4.74 Å². The number of ether oxygens (including phenoxy) is 1. The second-order valence-electron chi connectivity index (χ2n) is 8.20. The second-order valence-corrected chi connectivity index (χ2v) is 8.20. The van der Waals surface area contributed by atoms with Crippen LogP contribution < -0.4 is 5.43 Å². The number of benzene rings is 1. The lowest BCUT2D eigenvalue weighted by molar-refractivity contribution is 0.203. The fraction of sp³-hybridized carbons (Fsp3) is 0.333. The molecule has 1 aromatic carbocycles. The van der Waals surface area contributed by atoms with Gasteiger partial charge in [0.2, 0.25) is 5.43 Å². The minimum atomic E-state index is -0.152. The van der Waals surface area contributed by atoms with E-state index in [2.05, 4.69) is 48.1 Å². The van der Waals surface area contributed by atoms with Crippen LogP contribution in [0.15, 0.2) is 101 Å². The maximum atomic E-state index is 12.2. The van der Waals surface area contributed by atoms with Crippen molar-refractivity contribution in [2.75, 3.05) is 0 Å². The number of rotatable bonds is 7. The van der Waals surface area contributed by atoms with Gasteiger partial charge >= 0.3 is 0 Å². The molecule has 7 nitrogen and oxygen atoms in total. The standard InChI is InChI=1S/C21H25N5O2.C7H8.C2H6/c1-4-9-22-19-7-6-18(12-16(19)3)28-15-20-21(27)8-11-26(24-20)17-13-23-25(14-17)10-5-2;1-7-5-3-2-4-6-7;1-2/h4,6-9,11-14,16H,5,10,15H2,1-3H3;2-6H,1H3;1-2H3/b9-4-,22-19?;;. The first kappa shape index (κ1) is 29.2. The summed E-state index contributed by atoms with van der Waals surface area (Å²) in [7, 11) is 0. The molecule has 37 heavy (non-hydrogen) atoms. The van der Waals surface area contributed by atoms with E-state index < -0.39 is 0 Å². The van der Waals surface area contributed by atoms with Crippen molar-refractivity contribution in [3.05, 3.63) is 113 Å². The number of aryl methyl sites for hydroxylation is 2. The van der Waals surface area contributed by atoms with Crippen LogP contribution in [0.2, 0.25) is 0 Å². The fourth-order valence-corrected chi connectivity index (χ4v) is 3.32. The molecule has 0 spiro atoms. The number of hydrogen-bond donors (Lipinski definition) is 0. The first-order chi connectivity index (χ1) is 18.0. The first-order valence-corrected chi connectivity index (χ1v) is 12.8. The van der Waals surface area contributed by atoms with Gasteiger partial charge in [0, 0.05) is 36.6 Å². The van der Waals surface area contributed by atoms with Crippen LogP contribution in [0.3, 0.4) is 0 Å². The summed E-state index contributed by atoms with van der Waals surface area (Å²) in [5.74, 6) is 0.847. The van der Waals surface area contributed by atoms with Gasteiger partial charge in [-0.05, 0) is 38.5 Å². The topological polar surface area (TPSA) is 74.3 Å². The van der Waals surface area contributed by atoms with E-state index in [0.717, 1.165) is 24.4 Å². The molecule has 0 aliphatic heterocycles. The van der Waals surface area contributed by atoms with Gasteiger partial charge in [-0.1, -0.05) is 69.7 Å². The highest BCUT2D eigenvalue weighted by Gasteiger charge is 2.13. The lowest BCUT2D eigenvalue weighted by atomic mass is 10.00. The van der Waals surface area contributed by atoms with Crippen molar-refractivity contribution in [1.29, 1.82) is 0 Å². The van der Waals surface area contributed by atoms with E-state index in [9.17, 15) is 4.79 Å². The molecule has 0 bridgehead atoms. The van der Waals surface area contributed by atoms with Crippen molar-refractivity contribution < 1.29 is 4.74 Å². The third-order valence-electron chi connectivity index (χ3n) is 5.20. The van der Waals surface area contributed by atoms with E-state index in [1.807, 2.05) is 74.2 Å². The summed E-state index contributed by atoms with van der Waals surface area (Å²) in [6.07, 6.45) is 15.7. The van der Waals surface area contributed by atoms with Gasteiger partial charge in [0.1, 0.15) is 23.7 Å². The summed E-state index contributed by atoms with van der Waals surface area (Å²) in [5.41, 5.74) is 3.30. The number of allylic oxidation sites excluding steroid dienone is 4. The molecule has 0 fully saturated rings. The van der Waals surface area contributed by atoms with Crippen LogP contribution in [-0.4, -0.2) is 25.3 Å². The average molecular weight is 502 g/mol. The average Bonchev–Trinajstić information content (AvgIpc) is 3.38. The highest BCUT2D eigenvalue weighted by molar-refractivity contribution is 5.99. The largest absolute Gasteiger partial charge is 0.487 e. The maximum Gasteiger partial charge on any atom is 0.206 e. The number of nitrogens with zero attached hydrogens (tertiary/aromatic N) is 5. The Morgan fingerprint density at radius 3 is 2.51 bits per heavy atom. The number of aliphatic imine (C=N–C) groups is 1. The first-order valence-electron chi connectivity index (χ1n) is 12.8. The Hall–Kier alpha value is -4.00. The lowest BCUT2D eigenvalue weighted by Gasteiger charge is -2.15. The molecule has 7 heteroatoms. The zero-order valence-corrected chi connectivity index (χ0v) is 22.8. The van der Waals surface area contributed by atoms with Gasteiger partial charge in [-0.15, -0.1) is 0 Å². The van der Waals surface area contributed by atoms with Crippen LogP contribution in [0.5, 0.6) is 0 Å². The van der Waals surface area contributed by atoms with Gasteiger partial charge in [0.15, 0.2) is 0 Å². The summed E-state index contributed by atoms with van der Waals surface area (Å²) in [4.78, 5) is 16.6. The maximum absolute atomic E-state index is 12.2. The minimum absolute atomic E-state index is 0.104. The molecule has 1 atom stereocenters. The number of aromatic nitrogens is 4. The van der Waals surface area contributed by atoms with E-state index in [-0.39, 0.29) is 18.0 Å². The van der Waals surface area contributed by atoms with Gasteiger partial charge in [-0.3, -0.25) is 14.5 Å². The molecule has 4 rings (SSSR count). The van der Waals surface area contributed by atoms with Gasteiger partial charge in [0.25, 0.3) is 0 Å². The van der Waals surface area contributed by atoms with Crippen LogP contribution in [0.4, 0.5) is 0 Å². The molecule has 0 radical (unpaired) electrons. The zero-order chi connectivity index (χ0) is 27.0. The van der Waals surface area contributed by atoms with Crippen molar-refractivity contribution in [3.63, 3.8) is 0 Å². The Morgan fingerprint density at radius 1 is 1.14 bits per heavy atom. The molecule has 196 valence electrons. The predicted octanol–water partition coefficient (Wildman–Crippen LogP) is 6.44. The van der Waals surface area contributed by atoms with Gasteiger partial charge in [0.05, 0.1) is 12.4 Å². The molecule has 0 amide bonds. The van der Waals surface area contributed by atoms with Crippen molar-refractivity contribution >= 4 is 5.71 Å². The van der Waals surface area contributed by atoms with E-state index >= 15 is 0 Å². The molecule has 0 N–H and O–H groups in total. The smallest absolute Gasteiger partial charge is 0.206 e. The predicted molar refractivity (Wildman–Crippen MR) is 152 cm³/mol. The Bertz CT molecular complexity index is 1270. The van der Waals surface area contributed by atoms with Crippen LogP contribution in [0.25, 0.3) is 5.69 Å². The van der Waals surface area contributed by atoms with E-state index in [0.29, 0.717) is 11.5 Å². The third kappa shape index (κ3) is 9.52. The molecule has 0 saturated carbocycles. The Kier molecular flexibility index (Phi) is 12.5. The van der Waals surface area contributed by atoms with Gasteiger partial charge in [-0.25, -0.2) is 4.68 Å². The highest BCUT2D eigenvalue weighted by atomic mass is 16.5. The minimum Gasteiger partial charge on any atom is -0.487 e. The molecule has 1 unspecified atom stereocenters. The van der Waals surface area contributed by atoms with Crippen LogP contribution in [0, 0.1) is 12.8 Å². The molecular formula is C30H39N5O2. The van der Waals surface area contributed by atoms with Crippen LogP contribution in [-0.2, 0) is 17.9 Å². The third-order valence-corrected chi connectivity index (χ3v) is 5.20. The van der Waals surface area contributed by atoms with Gasteiger partial charge < -0.3 is 4.74 Å². The second kappa shape index (κ2) is 15.9. The quantitative estimate of drug-likeness (QED) is 0.373. The van der Waals surface area contributed by atoms with Crippen LogP contribution in [0.1, 0.15) is 52.3 Å². The molecule has 1 aliphatic rings. The normalized spacial score (nSPS) is 15.5. The monoisotopic (exact) mass is 501 g/mol. The van der Waals surface area contributed by atoms with Crippen molar-refractivity contribution in [3.8, 4) is 5.69 Å². The van der Waals surface area contributed by atoms with Crippen molar-refractivity contribution in [2.45, 2.75) is 61.1 Å². The fourth-order valence-electron chi connectivity index (χ4n) is 3.32. The Labute approximate surface area is 220 Å². The molecule has 2 heterocycles. The molecule has 3 aromatic rings. The zero-order valence-electron chi connectivity index (χ0n) is 22.8. The molecule has 1 aliphatic carbocycles. The summed E-state index contributed by atoms with van der Waals surface area (Å²) >= 11 is 0. The molecule has 0 saturated heterocycles. The van der Waals surface area contributed by atoms with E-state index in [1.54, 1.807) is 23.3 Å². The summed E-state index contributed by atoms with van der Waals surface area (Å²) in [6, 6.07) is 11.8. The molecular weight excluding hydrogens is 462 g/mol. The number of hydrogen-bond acceptors (Lipinski definition) is 5. The Morgan fingerprint density at radius 2 is 1.89 bits per heavy atom. The summed E-state index contributed by atoms with van der Waals surface area (Å²) in [6.45, 7) is 13.1.